The molecule has 0 unspecified atom stereocenters. The SMILES string of the molecule is CC(C)Cc1ccc(S(=O)(=O)N2CCN(Cc3ccc(F)cc3Cl)CC2)cc1. The zero-order valence-electron chi connectivity index (χ0n) is 16.2. The maximum Gasteiger partial charge on any atom is 0.243 e. The number of hydrogen-bond donors (Lipinski definition) is 0. The van der Waals surface area contributed by atoms with Gasteiger partial charge in [-0.05, 0) is 47.7 Å². The lowest BCUT2D eigenvalue weighted by Gasteiger charge is -2.34. The van der Waals surface area contributed by atoms with Crippen LogP contribution in [-0.2, 0) is 23.0 Å². The van der Waals surface area contributed by atoms with Crippen molar-refractivity contribution in [2.24, 2.45) is 5.92 Å². The van der Waals surface area contributed by atoms with Crippen LogP contribution in [0.5, 0.6) is 0 Å². The summed E-state index contributed by atoms with van der Waals surface area (Å²) < 4.78 is 40.6. The molecule has 0 aliphatic carbocycles. The van der Waals surface area contributed by atoms with Crippen molar-refractivity contribution >= 4 is 21.6 Å². The molecule has 0 radical (unpaired) electrons. The molecule has 0 bridgehead atoms. The highest BCUT2D eigenvalue weighted by Crippen LogP contribution is 2.22. The molecular formula is C21H26ClFN2O2S. The van der Waals surface area contributed by atoms with Gasteiger partial charge in [0.25, 0.3) is 0 Å². The fourth-order valence-electron chi connectivity index (χ4n) is 3.44. The molecule has 1 aliphatic rings. The molecule has 0 N–H and O–H groups in total. The van der Waals surface area contributed by atoms with Crippen molar-refractivity contribution in [1.29, 1.82) is 0 Å². The third kappa shape index (κ3) is 5.11. The van der Waals surface area contributed by atoms with Crippen LogP contribution in [0.15, 0.2) is 47.4 Å². The van der Waals surface area contributed by atoms with Crippen LogP contribution in [0.3, 0.4) is 0 Å². The topological polar surface area (TPSA) is 40.6 Å². The van der Waals surface area contributed by atoms with E-state index in [-0.39, 0.29) is 5.82 Å². The average Bonchev–Trinajstić information content (AvgIpc) is 2.64. The van der Waals surface area contributed by atoms with Crippen LogP contribution in [0.2, 0.25) is 5.02 Å². The summed E-state index contributed by atoms with van der Waals surface area (Å²) in [7, 11) is -3.49. The molecule has 1 aliphatic heterocycles. The van der Waals surface area contributed by atoms with Crippen molar-refractivity contribution in [3.8, 4) is 0 Å². The van der Waals surface area contributed by atoms with Gasteiger partial charge in [0.05, 0.1) is 4.90 Å². The highest BCUT2D eigenvalue weighted by Gasteiger charge is 2.28. The first-order valence-corrected chi connectivity index (χ1v) is 11.3. The summed E-state index contributed by atoms with van der Waals surface area (Å²) in [4.78, 5) is 2.48. The minimum atomic E-state index is -3.49. The van der Waals surface area contributed by atoms with Crippen LogP contribution in [0.4, 0.5) is 4.39 Å². The maximum absolute atomic E-state index is 13.2. The molecular weight excluding hydrogens is 399 g/mol. The molecule has 0 saturated carbocycles. The van der Waals surface area contributed by atoms with Crippen LogP contribution in [0.1, 0.15) is 25.0 Å². The standard InChI is InChI=1S/C21H26ClFN2O2S/c1-16(2)13-17-3-7-20(8-4-17)28(26,27)25-11-9-24(10-12-25)15-18-5-6-19(23)14-21(18)22/h3-8,14,16H,9-13,15H2,1-2H3. The Morgan fingerprint density at radius 3 is 2.25 bits per heavy atom. The quantitative estimate of drug-likeness (QED) is 0.698. The van der Waals surface area contributed by atoms with Crippen LogP contribution in [-0.4, -0.2) is 43.8 Å². The normalized spacial score (nSPS) is 16.6. The highest BCUT2D eigenvalue weighted by molar-refractivity contribution is 7.89. The number of sulfonamides is 1. The minimum Gasteiger partial charge on any atom is -0.296 e. The zero-order chi connectivity index (χ0) is 20.3. The Hall–Kier alpha value is -1.47. The highest BCUT2D eigenvalue weighted by atomic mass is 35.5. The summed E-state index contributed by atoms with van der Waals surface area (Å²) in [5.41, 5.74) is 2.00. The number of rotatable bonds is 6. The average molecular weight is 425 g/mol. The lowest BCUT2D eigenvalue weighted by atomic mass is 10.0. The predicted octanol–water partition coefficient (Wildman–Crippen LogP) is 4.18. The number of nitrogens with zero attached hydrogens (tertiary/aromatic N) is 2. The molecule has 0 amide bonds. The van der Waals surface area contributed by atoms with Gasteiger partial charge < -0.3 is 0 Å². The Kier molecular flexibility index (Phi) is 6.76. The van der Waals surface area contributed by atoms with E-state index in [0.717, 1.165) is 17.5 Å². The first-order valence-electron chi connectivity index (χ1n) is 9.51. The molecule has 4 nitrogen and oxygen atoms in total. The second-order valence-electron chi connectivity index (χ2n) is 7.66. The molecule has 1 heterocycles. The number of halogens is 2. The summed E-state index contributed by atoms with van der Waals surface area (Å²) >= 11 is 6.10. The van der Waals surface area contributed by atoms with Crippen LogP contribution >= 0.6 is 11.6 Å². The van der Waals surface area contributed by atoms with Crippen molar-refractivity contribution in [1.82, 2.24) is 9.21 Å². The van der Waals surface area contributed by atoms with Crippen molar-refractivity contribution in [2.45, 2.75) is 31.7 Å². The molecule has 7 heteroatoms. The van der Waals surface area contributed by atoms with E-state index >= 15 is 0 Å². The number of benzene rings is 2. The van der Waals surface area contributed by atoms with Gasteiger partial charge in [0, 0.05) is 37.7 Å². The first-order chi connectivity index (χ1) is 13.3. The lowest BCUT2D eigenvalue weighted by Crippen LogP contribution is -2.48. The van der Waals surface area contributed by atoms with Gasteiger partial charge in [0.1, 0.15) is 5.82 Å². The summed E-state index contributed by atoms with van der Waals surface area (Å²) in [6.45, 7) is 6.93. The van der Waals surface area contributed by atoms with E-state index in [4.69, 9.17) is 11.6 Å². The zero-order valence-corrected chi connectivity index (χ0v) is 17.8. The van der Waals surface area contributed by atoms with E-state index < -0.39 is 10.0 Å². The molecule has 152 valence electrons. The predicted molar refractivity (Wildman–Crippen MR) is 110 cm³/mol. The smallest absolute Gasteiger partial charge is 0.243 e. The Morgan fingerprint density at radius 1 is 1.04 bits per heavy atom. The largest absolute Gasteiger partial charge is 0.296 e. The molecule has 0 aromatic heterocycles. The van der Waals surface area contributed by atoms with E-state index in [1.165, 1.54) is 16.4 Å². The number of hydrogen-bond acceptors (Lipinski definition) is 3. The van der Waals surface area contributed by atoms with Crippen molar-refractivity contribution < 1.29 is 12.8 Å². The third-order valence-corrected chi connectivity index (χ3v) is 7.21. The van der Waals surface area contributed by atoms with Crippen molar-refractivity contribution in [2.75, 3.05) is 26.2 Å². The second kappa shape index (κ2) is 8.91. The Morgan fingerprint density at radius 2 is 1.68 bits per heavy atom. The van der Waals surface area contributed by atoms with E-state index in [1.54, 1.807) is 18.2 Å². The minimum absolute atomic E-state index is 0.343. The second-order valence-corrected chi connectivity index (χ2v) is 10.0. The molecule has 2 aromatic rings. The van der Waals surface area contributed by atoms with Gasteiger partial charge in [-0.25, -0.2) is 12.8 Å². The van der Waals surface area contributed by atoms with Gasteiger partial charge >= 0.3 is 0 Å². The van der Waals surface area contributed by atoms with E-state index in [9.17, 15) is 12.8 Å². The summed E-state index contributed by atoms with van der Waals surface area (Å²) in [6.07, 6.45) is 0.935. The Labute approximate surface area is 172 Å². The van der Waals surface area contributed by atoms with E-state index in [0.29, 0.717) is 48.6 Å². The maximum atomic E-state index is 13.2. The molecule has 3 rings (SSSR count). The van der Waals surface area contributed by atoms with Crippen molar-refractivity contribution in [3.05, 3.63) is 64.4 Å². The molecule has 28 heavy (non-hydrogen) atoms. The molecule has 0 atom stereocenters. The molecule has 2 aromatic carbocycles. The van der Waals surface area contributed by atoms with Gasteiger partial charge in [-0.3, -0.25) is 4.90 Å². The van der Waals surface area contributed by atoms with Gasteiger partial charge in [0.2, 0.25) is 10.0 Å². The molecule has 1 fully saturated rings. The molecule has 0 spiro atoms. The Bertz CT molecular complexity index is 909. The number of piperazine rings is 1. The summed E-state index contributed by atoms with van der Waals surface area (Å²) in [5.74, 6) is 0.175. The third-order valence-electron chi connectivity index (χ3n) is 4.95. The van der Waals surface area contributed by atoms with Crippen LogP contribution in [0, 0.1) is 11.7 Å². The lowest BCUT2D eigenvalue weighted by molar-refractivity contribution is 0.181. The summed E-state index contributed by atoms with van der Waals surface area (Å²) in [6, 6.07) is 11.6. The summed E-state index contributed by atoms with van der Waals surface area (Å²) in [5, 5.41) is 0.400. The van der Waals surface area contributed by atoms with E-state index in [1.807, 2.05) is 12.1 Å². The van der Waals surface area contributed by atoms with Gasteiger partial charge in [-0.15, -0.1) is 0 Å². The van der Waals surface area contributed by atoms with Crippen LogP contribution in [0.25, 0.3) is 0 Å². The first kappa shape index (κ1) is 21.2. The Balaban J connectivity index is 1.61. The van der Waals surface area contributed by atoms with Gasteiger partial charge in [-0.1, -0.05) is 43.6 Å². The van der Waals surface area contributed by atoms with E-state index in [2.05, 4.69) is 18.7 Å². The van der Waals surface area contributed by atoms with Gasteiger partial charge in [-0.2, -0.15) is 4.31 Å². The van der Waals surface area contributed by atoms with Gasteiger partial charge in [0.15, 0.2) is 0 Å². The van der Waals surface area contributed by atoms with Crippen molar-refractivity contribution in [3.63, 3.8) is 0 Å². The fraction of sp³-hybridized carbons (Fsp3) is 0.429. The van der Waals surface area contributed by atoms with Crippen LogP contribution < -0.4 is 0 Å². The monoisotopic (exact) mass is 424 g/mol. The fourth-order valence-corrected chi connectivity index (χ4v) is 5.09. The molecule has 1 saturated heterocycles.